The molecule has 0 aliphatic rings. The van der Waals surface area contributed by atoms with Crippen LogP contribution in [0, 0.1) is 0 Å². The highest BCUT2D eigenvalue weighted by molar-refractivity contribution is 7.12. The number of carbonyl (C=O) groups is 1. The third-order valence-corrected chi connectivity index (χ3v) is 2.75. The third-order valence-electron chi connectivity index (χ3n) is 1.85. The van der Waals surface area contributed by atoms with E-state index < -0.39 is 11.5 Å². The van der Waals surface area contributed by atoms with Crippen molar-refractivity contribution in [2.24, 2.45) is 0 Å². The first-order chi connectivity index (χ1) is 8.08. The number of H-pyrrole nitrogens is 1. The van der Waals surface area contributed by atoms with Gasteiger partial charge in [0.2, 0.25) is 5.88 Å². The Labute approximate surface area is 98.5 Å². The fraction of sp³-hybridized carbons (Fsp3) is 0. The number of aromatic carboxylic acids is 1. The number of hydrogen-bond donors (Lipinski definition) is 3. The maximum Gasteiger partial charge on any atom is 0.346 e. The number of anilines is 1. The first kappa shape index (κ1) is 11.1. The minimum atomic E-state index is -1.04. The number of thiophene rings is 1. The summed E-state index contributed by atoms with van der Waals surface area (Å²) in [6.45, 7) is 0. The van der Waals surface area contributed by atoms with E-state index in [1.807, 2.05) is 0 Å². The van der Waals surface area contributed by atoms with Crippen LogP contribution in [0.3, 0.4) is 0 Å². The van der Waals surface area contributed by atoms with Gasteiger partial charge in [0.05, 0.1) is 6.33 Å². The fourth-order valence-electron chi connectivity index (χ4n) is 1.07. The predicted octanol–water partition coefficient (Wildman–Crippen LogP) is 0.904. The van der Waals surface area contributed by atoms with E-state index >= 15 is 0 Å². The summed E-state index contributed by atoms with van der Waals surface area (Å²) in [5.41, 5.74) is 4.79. The van der Waals surface area contributed by atoms with E-state index in [0.29, 0.717) is 0 Å². The van der Waals surface area contributed by atoms with Gasteiger partial charge < -0.3 is 20.6 Å². The molecule has 0 aliphatic heterocycles. The van der Waals surface area contributed by atoms with E-state index in [1.54, 1.807) is 0 Å². The number of aromatic amines is 1. The van der Waals surface area contributed by atoms with Crippen LogP contribution in [-0.4, -0.2) is 21.0 Å². The smallest absolute Gasteiger partial charge is 0.346 e. The molecule has 0 saturated heterocycles. The summed E-state index contributed by atoms with van der Waals surface area (Å²) >= 11 is 1.01. The van der Waals surface area contributed by atoms with Crippen LogP contribution in [0.1, 0.15) is 9.67 Å². The summed E-state index contributed by atoms with van der Waals surface area (Å²) in [4.78, 5) is 28.0. The standard InChI is InChI=1S/C9H7N3O4S/c10-6-7(13)11-3-12-8(6)16-4-1-5(9(14)15)17-2-4/h1-3H,10H2,(H,14,15)(H,11,12,13). The van der Waals surface area contributed by atoms with Gasteiger partial charge in [0.15, 0.2) is 5.69 Å². The van der Waals surface area contributed by atoms with Crippen LogP contribution in [0.15, 0.2) is 22.6 Å². The van der Waals surface area contributed by atoms with Gasteiger partial charge in [-0.2, -0.15) is 0 Å². The van der Waals surface area contributed by atoms with Crippen molar-refractivity contribution in [3.05, 3.63) is 33.0 Å². The molecule has 0 aromatic carbocycles. The zero-order chi connectivity index (χ0) is 12.4. The van der Waals surface area contributed by atoms with Crippen molar-refractivity contribution in [3.63, 3.8) is 0 Å². The molecule has 7 nitrogen and oxygen atoms in total. The molecule has 2 aromatic heterocycles. The molecule has 4 N–H and O–H groups in total. The Morgan fingerprint density at radius 2 is 2.35 bits per heavy atom. The molecule has 0 unspecified atom stereocenters. The fourth-order valence-corrected chi connectivity index (χ4v) is 1.72. The van der Waals surface area contributed by atoms with Crippen LogP contribution in [0.25, 0.3) is 0 Å². The molecule has 2 aromatic rings. The zero-order valence-electron chi connectivity index (χ0n) is 8.34. The van der Waals surface area contributed by atoms with Gasteiger partial charge in [-0.25, -0.2) is 9.78 Å². The van der Waals surface area contributed by atoms with Gasteiger partial charge in [0.1, 0.15) is 10.6 Å². The van der Waals surface area contributed by atoms with Crippen molar-refractivity contribution in [1.82, 2.24) is 9.97 Å². The van der Waals surface area contributed by atoms with Crippen LogP contribution >= 0.6 is 11.3 Å². The number of nitrogen functional groups attached to an aromatic ring is 1. The van der Waals surface area contributed by atoms with E-state index in [-0.39, 0.29) is 22.2 Å². The van der Waals surface area contributed by atoms with Crippen LogP contribution in [0.2, 0.25) is 0 Å². The van der Waals surface area contributed by atoms with E-state index in [9.17, 15) is 9.59 Å². The average Bonchev–Trinajstić information content (AvgIpc) is 2.73. The van der Waals surface area contributed by atoms with Crippen LogP contribution in [0.5, 0.6) is 11.6 Å². The molecule has 0 radical (unpaired) electrons. The number of ether oxygens (including phenoxy) is 1. The Bertz CT molecular complexity index is 619. The van der Waals surface area contributed by atoms with Crippen LogP contribution in [0.4, 0.5) is 5.69 Å². The molecular formula is C9H7N3O4S. The number of carboxylic acid groups (broad SMARTS) is 1. The van der Waals surface area contributed by atoms with Gasteiger partial charge in [0, 0.05) is 11.4 Å². The van der Waals surface area contributed by atoms with Gasteiger partial charge >= 0.3 is 5.97 Å². The molecule has 0 amide bonds. The zero-order valence-corrected chi connectivity index (χ0v) is 9.15. The number of nitrogens with zero attached hydrogens (tertiary/aromatic N) is 1. The summed E-state index contributed by atoms with van der Waals surface area (Å²) in [6, 6.07) is 1.33. The minimum Gasteiger partial charge on any atom is -0.477 e. The summed E-state index contributed by atoms with van der Waals surface area (Å²) < 4.78 is 5.21. The van der Waals surface area contributed by atoms with E-state index in [1.165, 1.54) is 11.4 Å². The monoisotopic (exact) mass is 253 g/mol. The van der Waals surface area contributed by atoms with Gasteiger partial charge in [0.25, 0.3) is 5.56 Å². The lowest BCUT2D eigenvalue weighted by molar-refractivity contribution is 0.0702. The molecule has 2 heterocycles. The molecule has 2 rings (SSSR count). The summed E-state index contributed by atoms with van der Waals surface area (Å²) in [5.74, 6) is -0.822. The van der Waals surface area contributed by atoms with Crippen molar-refractivity contribution in [1.29, 1.82) is 0 Å². The van der Waals surface area contributed by atoms with Crippen molar-refractivity contribution >= 4 is 23.0 Å². The molecule has 8 heteroatoms. The Morgan fingerprint density at radius 1 is 1.59 bits per heavy atom. The van der Waals surface area contributed by atoms with Crippen molar-refractivity contribution in [2.45, 2.75) is 0 Å². The van der Waals surface area contributed by atoms with E-state index in [4.69, 9.17) is 15.6 Å². The lowest BCUT2D eigenvalue weighted by Gasteiger charge is -2.02. The Hall–Kier alpha value is -2.35. The second-order valence-electron chi connectivity index (χ2n) is 3.00. The topological polar surface area (TPSA) is 118 Å². The SMILES string of the molecule is Nc1c(Oc2csc(C(=O)O)c2)nc[nH]c1=O. The number of nitrogens with one attached hydrogen (secondary N) is 1. The molecule has 88 valence electrons. The molecule has 0 atom stereocenters. The highest BCUT2D eigenvalue weighted by Gasteiger charge is 2.11. The highest BCUT2D eigenvalue weighted by atomic mass is 32.1. The quantitative estimate of drug-likeness (QED) is 0.747. The molecule has 0 aliphatic carbocycles. The number of hydrogen-bond acceptors (Lipinski definition) is 6. The van der Waals surface area contributed by atoms with Gasteiger partial charge in [-0.1, -0.05) is 0 Å². The number of rotatable bonds is 3. The maximum atomic E-state index is 11.2. The molecule has 0 fully saturated rings. The molecule has 17 heavy (non-hydrogen) atoms. The number of nitrogens with two attached hydrogens (primary N) is 1. The number of carboxylic acids is 1. The Kier molecular flexibility index (Phi) is 2.79. The summed E-state index contributed by atoms with van der Waals surface area (Å²) in [6.07, 6.45) is 1.15. The summed E-state index contributed by atoms with van der Waals surface area (Å²) in [5, 5.41) is 10.2. The second-order valence-corrected chi connectivity index (χ2v) is 3.92. The second kappa shape index (κ2) is 4.26. The van der Waals surface area contributed by atoms with Crippen molar-refractivity contribution in [3.8, 4) is 11.6 Å². The third kappa shape index (κ3) is 2.26. The maximum absolute atomic E-state index is 11.2. The first-order valence-electron chi connectivity index (χ1n) is 4.41. The van der Waals surface area contributed by atoms with E-state index in [0.717, 1.165) is 17.7 Å². The molecular weight excluding hydrogens is 246 g/mol. The lowest BCUT2D eigenvalue weighted by atomic mass is 10.4. The molecule has 0 bridgehead atoms. The highest BCUT2D eigenvalue weighted by Crippen LogP contribution is 2.27. The minimum absolute atomic E-state index is 0.0523. The Balaban J connectivity index is 2.28. The van der Waals surface area contributed by atoms with Crippen LogP contribution in [-0.2, 0) is 0 Å². The normalized spacial score (nSPS) is 10.1. The Morgan fingerprint density at radius 3 is 3.00 bits per heavy atom. The summed E-state index contributed by atoms with van der Waals surface area (Å²) in [7, 11) is 0. The molecule has 0 spiro atoms. The van der Waals surface area contributed by atoms with Gasteiger partial charge in [-0.05, 0) is 0 Å². The first-order valence-corrected chi connectivity index (χ1v) is 5.28. The van der Waals surface area contributed by atoms with Crippen molar-refractivity contribution in [2.75, 3.05) is 5.73 Å². The lowest BCUT2D eigenvalue weighted by Crippen LogP contribution is -2.13. The van der Waals surface area contributed by atoms with Crippen molar-refractivity contribution < 1.29 is 14.6 Å². The van der Waals surface area contributed by atoms with Crippen LogP contribution < -0.4 is 16.0 Å². The van der Waals surface area contributed by atoms with Gasteiger partial charge in [-0.15, -0.1) is 11.3 Å². The predicted molar refractivity (Wildman–Crippen MR) is 60.6 cm³/mol. The average molecular weight is 253 g/mol. The van der Waals surface area contributed by atoms with E-state index in [2.05, 4.69) is 9.97 Å². The molecule has 0 saturated carbocycles. The number of aromatic nitrogens is 2. The van der Waals surface area contributed by atoms with Gasteiger partial charge in [-0.3, -0.25) is 4.79 Å². The largest absolute Gasteiger partial charge is 0.477 e.